The van der Waals surface area contributed by atoms with Crippen molar-refractivity contribution < 1.29 is 14.7 Å². The molecule has 0 fully saturated rings. The molecule has 37 heavy (non-hydrogen) atoms. The number of carbonyl (C=O) groups is 2. The van der Waals surface area contributed by atoms with Gasteiger partial charge < -0.3 is 22.0 Å². The molecule has 0 aliphatic rings. The summed E-state index contributed by atoms with van der Waals surface area (Å²) in [5.41, 5.74) is 8.25. The number of rotatable bonds is 9. The van der Waals surface area contributed by atoms with Gasteiger partial charge in [0.05, 0.1) is 11.6 Å². The number of nitriles is 1. The molecule has 0 aliphatic carbocycles. The van der Waals surface area contributed by atoms with Gasteiger partial charge in [-0.1, -0.05) is 66.7 Å². The number of aromatic hydroxyl groups is 1. The van der Waals surface area contributed by atoms with E-state index in [2.05, 4.69) is 10.4 Å². The zero-order valence-electron chi connectivity index (χ0n) is 19.9. The van der Waals surface area contributed by atoms with Gasteiger partial charge in [-0.25, -0.2) is 0 Å². The second kappa shape index (κ2) is 11.2. The Balaban J connectivity index is 1.64. The van der Waals surface area contributed by atoms with Crippen LogP contribution in [0.4, 0.5) is 0 Å². The van der Waals surface area contributed by atoms with Gasteiger partial charge in [0.2, 0.25) is 11.7 Å². The van der Waals surface area contributed by atoms with Crippen molar-refractivity contribution >= 4 is 28.2 Å². The summed E-state index contributed by atoms with van der Waals surface area (Å²) in [6.07, 6.45) is 0.460. The molecule has 4 rings (SSSR count). The molecule has 8 heteroatoms. The highest BCUT2D eigenvalue weighted by Crippen LogP contribution is 2.26. The molecule has 0 saturated carbocycles. The Bertz CT molecular complexity index is 1540. The molecule has 0 bridgehead atoms. The number of phenolic OH excluding ortho intramolecular Hbond substituents is 1. The van der Waals surface area contributed by atoms with Crippen LogP contribution in [0.2, 0.25) is 0 Å². The van der Waals surface area contributed by atoms with Crippen LogP contribution in [0.25, 0.3) is 10.8 Å². The molecule has 1 atom stereocenters. The van der Waals surface area contributed by atoms with E-state index in [1.807, 2.05) is 66.7 Å². The number of benzene rings is 4. The van der Waals surface area contributed by atoms with Gasteiger partial charge in [0.15, 0.2) is 0 Å². The molecule has 6 N–H and O–H groups in total. The molecule has 0 spiro atoms. The van der Waals surface area contributed by atoms with E-state index >= 15 is 0 Å². The number of fused-ring (bicyclic) bond motifs is 1. The first-order valence-electron chi connectivity index (χ1n) is 11.6. The van der Waals surface area contributed by atoms with Gasteiger partial charge in [0.1, 0.15) is 17.5 Å². The van der Waals surface area contributed by atoms with Crippen molar-refractivity contribution in [1.82, 2.24) is 5.32 Å². The van der Waals surface area contributed by atoms with Crippen LogP contribution in [0.1, 0.15) is 32.6 Å². The van der Waals surface area contributed by atoms with E-state index in [4.69, 9.17) is 11.6 Å². The summed E-state index contributed by atoms with van der Waals surface area (Å²) in [7, 11) is 0. The summed E-state index contributed by atoms with van der Waals surface area (Å²) < 4.78 is 0. The average molecular weight is 492 g/mol. The van der Waals surface area contributed by atoms with Crippen molar-refractivity contribution in [1.29, 1.82) is 5.26 Å². The predicted octanol–water partition coefficient (Wildman–Crippen LogP) is 3.15. The number of phenols is 1. The maximum Gasteiger partial charge on any atom is 0.234 e. The van der Waals surface area contributed by atoms with Gasteiger partial charge >= 0.3 is 0 Å². The zero-order chi connectivity index (χ0) is 26.4. The van der Waals surface area contributed by atoms with Crippen molar-refractivity contribution in [3.8, 4) is 11.8 Å². The van der Waals surface area contributed by atoms with E-state index in [1.54, 1.807) is 6.07 Å². The van der Waals surface area contributed by atoms with Crippen LogP contribution in [-0.4, -0.2) is 28.6 Å². The Morgan fingerprint density at radius 2 is 1.68 bits per heavy atom. The van der Waals surface area contributed by atoms with Gasteiger partial charge in [0, 0.05) is 17.7 Å². The first-order chi connectivity index (χ1) is 17.9. The lowest BCUT2D eigenvalue weighted by Crippen LogP contribution is -2.42. The Labute approximate surface area is 213 Å². The maximum absolute atomic E-state index is 13.3. The number of hydrazone groups is 1. The topological polar surface area (TPSA) is 155 Å². The number of carbonyl (C=O) groups excluding carboxylic acids is 2. The summed E-state index contributed by atoms with van der Waals surface area (Å²) in [5.74, 6) is 4.53. The summed E-state index contributed by atoms with van der Waals surface area (Å²) in [4.78, 5) is 25.4. The van der Waals surface area contributed by atoms with Gasteiger partial charge in [-0.2, -0.15) is 10.4 Å². The van der Waals surface area contributed by atoms with Gasteiger partial charge in [-0.3, -0.25) is 9.59 Å². The number of hydrogen-bond donors (Lipinski definition) is 4. The van der Waals surface area contributed by atoms with Gasteiger partial charge in [0.25, 0.3) is 0 Å². The van der Waals surface area contributed by atoms with Crippen molar-refractivity contribution in [2.24, 2.45) is 16.7 Å². The highest BCUT2D eigenvalue weighted by Gasteiger charge is 2.21. The Morgan fingerprint density at radius 1 is 0.973 bits per heavy atom. The van der Waals surface area contributed by atoms with Crippen molar-refractivity contribution in [2.75, 3.05) is 0 Å². The fourth-order valence-electron chi connectivity index (χ4n) is 4.23. The SMILES string of the molecule is N#Cc1cc(C(=O)C(=NN)c2ccc(CN[C@H](Cc3ccccc3)C(N)=O)c3ccccc23)ccc1O. The van der Waals surface area contributed by atoms with Crippen molar-refractivity contribution in [3.05, 3.63) is 113 Å². The molecule has 4 aromatic rings. The standard InChI is InChI=1S/C29H25N5O3/c30-16-21-15-19(11-13-26(21)35)28(36)27(34-32)24-12-10-20(22-8-4-5-9-23(22)24)17-33-25(29(31)37)14-18-6-2-1-3-7-18/h1-13,15,25,33,35H,14,17,32H2,(H2,31,37)/t25-/m1/s1. The second-order valence-electron chi connectivity index (χ2n) is 8.49. The number of nitrogens with two attached hydrogens (primary N) is 2. The fourth-order valence-corrected chi connectivity index (χ4v) is 4.23. The number of nitrogens with zero attached hydrogens (tertiary/aromatic N) is 2. The second-order valence-corrected chi connectivity index (χ2v) is 8.49. The smallest absolute Gasteiger partial charge is 0.234 e. The first kappa shape index (κ1) is 25.1. The molecule has 4 aromatic carbocycles. The molecule has 0 radical (unpaired) electrons. The number of hydrogen-bond acceptors (Lipinski definition) is 7. The molecular weight excluding hydrogens is 466 g/mol. The number of Topliss-reactive ketones (excluding diaryl/α,β-unsaturated/α-hetero) is 1. The molecule has 0 unspecified atom stereocenters. The van der Waals surface area contributed by atoms with E-state index < -0.39 is 17.7 Å². The number of amides is 1. The van der Waals surface area contributed by atoms with Crippen LogP contribution in [0, 0.1) is 11.3 Å². The van der Waals surface area contributed by atoms with Crippen LogP contribution < -0.4 is 16.9 Å². The van der Waals surface area contributed by atoms with Gasteiger partial charge in [-0.05, 0) is 46.5 Å². The van der Waals surface area contributed by atoms with Crippen molar-refractivity contribution in [3.63, 3.8) is 0 Å². The van der Waals surface area contributed by atoms with Crippen LogP contribution in [0.3, 0.4) is 0 Å². The molecule has 184 valence electrons. The van der Waals surface area contributed by atoms with Gasteiger partial charge in [-0.15, -0.1) is 0 Å². The lowest BCUT2D eigenvalue weighted by Gasteiger charge is -2.18. The minimum Gasteiger partial charge on any atom is -0.507 e. The number of primary amides is 1. The lowest BCUT2D eigenvalue weighted by molar-refractivity contribution is -0.120. The predicted molar refractivity (Wildman–Crippen MR) is 142 cm³/mol. The molecular formula is C29H25N5O3. The zero-order valence-corrected chi connectivity index (χ0v) is 19.9. The van der Waals surface area contributed by atoms with E-state index in [-0.39, 0.29) is 22.6 Å². The Kier molecular flexibility index (Phi) is 7.57. The largest absolute Gasteiger partial charge is 0.507 e. The highest BCUT2D eigenvalue weighted by molar-refractivity contribution is 6.53. The summed E-state index contributed by atoms with van der Waals surface area (Å²) >= 11 is 0. The van der Waals surface area contributed by atoms with E-state index in [9.17, 15) is 20.0 Å². The molecule has 0 saturated heterocycles. The third-order valence-corrected chi connectivity index (χ3v) is 6.16. The molecule has 8 nitrogen and oxygen atoms in total. The van der Waals surface area contributed by atoms with E-state index in [0.29, 0.717) is 18.5 Å². The first-order valence-corrected chi connectivity index (χ1v) is 11.6. The van der Waals surface area contributed by atoms with E-state index in [1.165, 1.54) is 18.2 Å². The fraction of sp³-hybridized carbons (Fsp3) is 0.103. The van der Waals surface area contributed by atoms with Crippen molar-refractivity contribution in [2.45, 2.75) is 19.0 Å². The molecule has 0 heterocycles. The number of ketones is 1. The third-order valence-electron chi connectivity index (χ3n) is 6.16. The van der Waals surface area contributed by atoms with E-state index in [0.717, 1.165) is 21.9 Å². The minimum atomic E-state index is -0.563. The Morgan fingerprint density at radius 3 is 2.35 bits per heavy atom. The van der Waals surface area contributed by atoms with Crippen LogP contribution in [0.15, 0.2) is 90.0 Å². The number of nitrogens with one attached hydrogen (secondary N) is 1. The molecule has 1 amide bonds. The molecule has 0 aromatic heterocycles. The Hall–Kier alpha value is -5.00. The third kappa shape index (κ3) is 5.48. The highest BCUT2D eigenvalue weighted by atomic mass is 16.3. The lowest BCUT2D eigenvalue weighted by atomic mass is 9.92. The summed E-state index contributed by atoms with van der Waals surface area (Å²) in [5, 5.41) is 27.6. The molecule has 0 aliphatic heterocycles. The average Bonchev–Trinajstić information content (AvgIpc) is 2.92. The van der Waals surface area contributed by atoms with Crippen LogP contribution in [0.5, 0.6) is 5.75 Å². The van der Waals surface area contributed by atoms with Crippen LogP contribution in [-0.2, 0) is 17.8 Å². The monoisotopic (exact) mass is 491 g/mol. The van der Waals surface area contributed by atoms with Crippen LogP contribution >= 0.6 is 0 Å². The quantitative estimate of drug-likeness (QED) is 0.122. The normalized spacial score (nSPS) is 12.1. The summed E-state index contributed by atoms with van der Waals surface area (Å²) in [6, 6.07) is 26.0. The maximum atomic E-state index is 13.3. The summed E-state index contributed by atoms with van der Waals surface area (Å²) in [6.45, 7) is 0.369. The minimum absolute atomic E-state index is 0.0179.